The van der Waals surface area contributed by atoms with Gasteiger partial charge in [0.05, 0.1) is 18.0 Å². The van der Waals surface area contributed by atoms with Gasteiger partial charge in [-0.3, -0.25) is 9.10 Å². The molecule has 31 heavy (non-hydrogen) atoms. The van der Waals surface area contributed by atoms with Crippen molar-refractivity contribution in [3.8, 4) is 5.75 Å². The molecule has 0 saturated heterocycles. The van der Waals surface area contributed by atoms with Crippen LogP contribution in [-0.2, 0) is 20.6 Å². The van der Waals surface area contributed by atoms with Crippen LogP contribution in [0.3, 0.4) is 0 Å². The molecule has 0 fully saturated rings. The number of rotatable bonds is 5. The van der Waals surface area contributed by atoms with Gasteiger partial charge in [0.1, 0.15) is 5.75 Å². The van der Waals surface area contributed by atoms with Crippen molar-refractivity contribution >= 4 is 27.3 Å². The lowest BCUT2D eigenvalue weighted by molar-refractivity contribution is -0.122. The van der Waals surface area contributed by atoms with Gasteiger partial charge >= 0.3 is 0 Å². The summed E-state index contributed by atoms with van der Waals surface area (Å²) in [5.41, 5.74) is 3.70. The van der Waals surface area contributed by atoms with Crippen molar-refractivity contribution in [1.29, 1.82) is 0 Å². The molecule has 1 aliphatic heterocycles. The van der Waals surface area contributed by atoms with Crippen LogP contribution in [0.4, 0.5) is 11.4 Å². The monoisotopic (exact) mass is 436 g/mol. The quantitative estimate of drug-likeness (QED) is 0.655. The fraction of sp³-hybridized carbons (Fsp3) is 0.208. The summed E-state index contributed by atoms with van der Waals surface area (Å²) in [6, 6.07) is 21.6. The number of fused-ring (bicyclic) bond motifs is 1. The number of nitrogens with one attached hydrogen (secondary N) is 1. The average molecular weight is 437 g/mol. The number of hydrogen-bond donors (Lipinski definition) is 1. The zero-order valence-electron chi connectivity index (χ0n) is 17.4. The van der Waals surface area contributed by atoms with Crippen molar-refractivity contribution in [3.63, 3.8) is 0 Å². The molecule has 4 rings (SSSR count). The Kier molecular flexibility index (Phi) is 5.69. The first-order valence-corrected chi connectivity index (χ1v) is 11.6. The van der Waals surface area contributed by atoms with Gasteiger partial charge in [-0.25, -0.2) is 8.42 Å². The Morgan fingerprint density at radius 2 is 1.61 bits per heavy atom. The van der Waals surface area contributed by atoms with Crippen molar-refractivity contribution in [3.05, 3.63) is 89.5 Å². The van der Waals surface area contributed by atoms with Crippen LogP contribution in [-0.4, -0.2) is 27.0 Å². The van der Waals surface area contributed by atoms with E-state index in [1.165, 1.54) is 4.31 Å². The molecular weight excluding hydrogens is 412 g/mol. The summed E-state index contributed by atoms with van der Waals surface area (Å²) in [7, 11) is -3.73. The van der Waals surface area contributed by atoms with Crippen LogP contribution in [0.25, 0.3) is 0 Å². The average Bonchev–Trinajstić information content (AvgIpc) is 2.76. The predicted octanol–water partition coefficient (Wildman–Crippen LogP) is 4.04. The molecule has 0 unspecified atom stereocenters. The van der Waals surface area contributed by atoms with Crippen LogP contribution < -0.4 is 14.4 Å². The Labute approximate surface area is 182 Å². The van der Waals surface area contributed by atoms with E-state index in [9.17, 15) is 13.2 Å². The lowest BCUT2D eigenvalue weighted by atomic mass is 10.1. The summed E-state index contributed by atoms with van der Waals surface area (Å²) in [5, 5.41) is 2.92. The zero-order chi connectivity index (χ0) is 22.0. The number of aryl methyl sites for hydroxylation is 2. The van der Waals surface area contributed by atoms with Crippen LogP contribution >= 0.6 is 0 Å². The topological polar surface area (TPSA) is 75.7 Å². The highest BCUT2D eigenvalue weighted by molar-refractivity contribution is 7.92. The third-order valence-electron chi connectivity index (χ3n) is 5.28. The minimum absolute atomic E-state index is 0.0943. The molecule has 1 aliphatic rings. The maximum atomic E-state index is 13.3. The highest BCUT2D eigenvalue weighted by Gasteiger charge is 2.36. The van der Waals surface area contributed by atoms with Crippen LogP contribution in [0.1, 0.15) is 16.7 Å². The van der Waals surface area contributed by atoms with E-state index in [1.807, 2.05) is 38.1 Å². The second kappa shape index (κ2) is 8.43. The number of para-hydroxylation sites is 3. The van der Waals surface area contributed by atoms with Gasteiger partial charge in [0, 0.05) is 5.69 Å². The first-order valence-electron chi connectivity index (χ1n) is 10.0. The number of hydrogen-bond acceptors (Lipinski definition) is 4. The number of ether oxygens (including phenoxy) is 1. The molecule has 0 aromatic heterocycles. The molecule has 1 atom stereocenters. The largest absolute Gasteiger partial charge is 0.476 e. The molecule has 3 aromatic carbocycles. The standard InChI is InChI=1S/C24H24N2O4S/c1-17-9-8-10-18(2)23(17)25-24(27)22-15-26(20-13-6-7-14-21(20)30-22)31(28,29)16-19-11-4-3-5-12-19/h3-14,22H,15-16H2,1-2H3,(H,25,27)/t22-/m0/s1. The summed E-state index contributed by atoms with van der Waals surface area (Å²) in [4.78, 5) is 13.1. The van der Waals surface area contributed by atoms with Crippen LogP contribution in [0.5, 0.6) is 5.75 Å². The third kappa shape index (κ3) is 4.41. The molecular formula is C24H24N2O4S. The normalized spacial score (nSPS) is 15.7. The molecule has 1 heterocycles. The fourth-order valence-corrected chi connectivity index (χ4v) is 5.26. The van der Waals surface area contributed by atoms with Gasteiger partial charge in [-0.05, 0) is 42.7 Å². The molecule has 160 valence electrons. The van der Waals surface area contributed by atoms with E-state index in [2.05, 4.69) is 5.32 Å². The van der Waals surface area contributed by atoms with E-state index >= 15 is 0 Å². The predicted molar refractivity (Wildman–Crippen MR) is 122 cm³/mol. The number of nitrogens with zero attached hydrogens (tertiary/aromatic N) is 1. The molecule has 1 N–H and O–H groups in total. The van der Waals surface area contributed by atoms with Crippen LogP contribution in [0.2, 0.25) is 0 Å². The number of anilines is 2. The highest BCUT2D eigenvalue weighted by Crippen LogP contribution is 2.36. The molecule has 0 aliphatic carbocycles. The first-order chi connectivity index (χ1) is 14.8. The van der Waals surface area contributed by atoms with Gasteiger partial charge in [-0.1, -0.05) is 60.7 Å². The third-order valence-corrected chi connectivity index (χ3v) is 7.00. The van der Waals surface area contributed by atoms with Gasteiger partial charge in [0.15, 0.2) is 6.10 Å². The summed E-state index contributed by atoms with van der Waals surface area (Å²) >= 11 is 0. The molecule has 1 amide bonds. The SMILES string of the molecule is Cc1cccc(C)c1NC(=O)[C@@H]1CN(S(=O)(=O)Cc2ccccc2)c2ccccc2O1. The number of carbonyl (C=O) groups is 1. The van der Waals surface area contributed by atoms with Gasteiger partial charge in [-0.2, -0.15) is 0 Å². The highest BCUT2D eigenvalue weighted by atomic mass is 32.2. The van der Waals surface area contributed by atoms with Gasteiger partial charge < -0.3 is 10.1 Å². The zero-order valence-corrected chi connectivity index (χ0v) is 18.2. The Morgan fingerprint density at radius 3 is 2.32 bits per heavy atom. The second-order valence-corrected chi connectivity index (χ2v) is 9.50. The van der Waals surface area contributed by atoms with Crippen LogP contribution in [0.15, 0.2) is 72.8 Å². The molecule has 0 bridgehead atoms. The van der Waals surface area contributed by atoms with Crippen LogP contribution in [0, 0.1) is 13.8 Å². The van der Waals surface area contributed by atoms with E-state index in [0.717, 1.165) is 11.1 Å². The van der Waals surface area contributed by atoms with Crippen molar-refractivity contribution < 1.29 is 17.9 Å². The van der Waals surface area contributed by atoms with E-state index < -0.39 is 16.1 Å². The molecule has 0 saturated carbocycles. The number of amides is 1. The second-order valence-electron chi connectivity index (χ2n) is 7.60. The minimum atomic E-state index is -3.73. The number of sulfonamides is 1. The Bertz CT molecular complexity index is 1190. The maximum absolute atomic E-state index is 13.3. The molecule has 0 radical (unpaired) electrons. The smallest absolute Gasteiger partial charge is 0.267 e. The lowest BCUT2D eigenvalue weighted by Crippen LogP contribution is -2.49. The molecule has 7 heteroatoms. The van der Waals surface area contributed by atoms with Crippen molar-refractivity contribution in [1.82, 2.24) is 0 Å². The summed E-state index contributed by atoms with van der Waals surface area (Å²) in [6.45, 7) is 3.73. The van der Waals surface area contributed by atoms with Crippen molar-refractivity contribution in [2.45, 2.75) is 25.7 Å². The van der Waals surface area contributed by atoms with Gasteiger partial charge in [-0.15, -0.1) is 0 Å². The molecule has 3 aromatic rings. The minimum Gasteiger partial charge on any atom is -0.476 e. The van der Waals surface area contributed by atoms with Crippen molar-refractivity contribution in [2.75, 3.05) is 16.2 Å². The Morgan fingerprint density at radius 1 is 0.968 bits per heavy atom. The van der Waals surface area contributed by atoms with E-state index in [1.54, 1.807) is 48.5 Å². The van der Waals surface area contributed by atoms with E-state index in [0.29, 0.717) is 22.7 Å². The lowest BCUT2D eigenvalue weighted by Gasteiger charge is -2.35. The molecule has 6 nitrogen and oxygen atoms in total. The summed E-state index contributed by atoms with van der Waals surface area (Å²) in [5.74, 6) is -0.174. The van der Waals surface area contributed by atoms with E-state index in [-0.39, 0.29) is 18.2 Å². The summed E-state index contributed by atoms with van der Waals surface area (Å²) in [6.07, 6.45) is -0.973. The fourth-order valence-electron chi connectivity index (χ4n) is 3.68. The summed E-state index contributed by atoms with van der Waals surface area (Å²) < 4.78 is 33.8. The maximum Gasteiger partial charge on any atom is 0.267 e. The number of benzene rings is 3. The van der Waals surface area contributed by atoms with E-state index in [4.69, 9.17) is 4.74 Å². The first kappa shape index (κ1) is 20.9. The van der Waals surface area contributed by atoms with Crippen molar-refractivity contribution in [2.24, 2.45) is 0 Å². The Balaban J connectivity index is 1.63. The van der Waals surface area contributed by atoms with Gasteiger partial charge in [0.2, 0.25) is 10.0 Å². The number of carbonyl (C=O) groups excluding carboxylic acids is 1. The molecule has 0 spiro atoms. The van der Waals surface area contributed by atoms with Gasteiger partial charge in [0.25, 0.3) is 5.91 Å². The Hall–Kier alpha value is -3.32.